The fraction of sp³-hybridized carbons (Fsp3) is 0.188. The first kappa shape index (κ1) is 16.7. The molecule has 0 aliphatic rings. The minimum atomic E-state index is -0.807. The average Bonchev–Trinajstić information content (AvgIpc) is 3.08. The van der Waals surface area contributed by atoms with Crippen LogP contribution >= 0.6 is 11.3 Å². The van der Waals surface area contributed by atoms with Gasteiger partial charge < -0.3 is 10.1 Å². The van der Waals surface area contributed by atoms with Crippen LogP contribution in [0.15, 0.2) is 46.9 Å². The number of hydrazone groups is 1. The van der Waals surface area contributed by atoms with Gasteiger partial charge in [0.25, 0.3) is 0 Å². The van der Waals surface area contributed by atoms with E-state index >= 15 is 0 Å². The zero-order valence-corrected chi connectivity index (χ0v) is 13.6. The molecule has 1 heterocycles. The molecular formula is C16H17N3O3S. The topological polar surface area (TPSA) is 79.8 Å². The Labute approximate surface area is 138 Å². The lowest BCUT2D eigenvalue weighted by molar-refractivity contribution is -0.139. The molecule has 0 bridgehead atoms. The number of nitrogens with zero attached hydrogens (tertiary/aromatic N) is 1. The molecule has 0 saturated heterocycles. The molecule has 0 unspecified atom stereocenters. The van der Waals surface area contributed by atoms with E-state index in [1.165, 1.54) is 17.6 Å². The molecule has 1 aromatic carbocycles. The molecule has 23 heavy (non-hydrogen) atoms. The summed E-state index contributed by atoms with van der Waals surface area (Å²) in [6, 6.07) is 10.7. The molecule has 0 fully saturated rings. The molecule has 0 aliphatic carbocycles. The van der Waals surface area contributed by atoms with E-state index in [0.29, 0.717) is 0 Å². The number of ether oxygens (including phenoxy) is 1. The number of amides is 2. The fourth-order valence-electron chi connectivity index (χ4n) is 1.81. The van der Waals surface area contributed by atoms with Crippen molar-refractivity contribution in [1.82, 2.24) is 10.7 Å². The molecule has 0 aliphatic heterocycles. The minimum absolute atomic E-state index is 0.305. The second-order valence-corrected chi connectivity index (χ2v) is 5.66. The lowest BCUT2D eigenvalue weighted by atomic mass is 10.1. The highest BCUT2D eigenvalue weighted by molar-refractivity contribution is 7.11. The maximum Gasteiger partial charge on any atom is 0.329 e. The van der Waals surface area contributed by atoms with Crippen molar-refractivity contribution >= 4 is 29.4 Å². The smallest absolute Gasteiger partial charge is 0.329 e. The maximum atomic E-state index is 11.8. The van der Waals surface area contributed by atoms with Gasteiger partial charge in [0.2, 0.25) is 0 Å². The molecule has 1 atom stereocenters. The third-order valence-corrected chi connectivity index (χ3v) is 3.88. The van der Waals surface area contributed by atoms with Crippen LogP contribution in [0.5, 0.6) is 5.75 Å². The highest BCUT2D eigenvalue weighted by atomic mass is 32.1. The van der Waals surface area contributed by atoms with Crippen LogP contribution in [0.1, 0.15) is 23.4 Å². The van der Waals surface area contributed by atoms with Gasteiger partial charge in [-0.25, -0.2) is 5.43 Å². The van der Waals surface area contributed by atoms with Gasteiger partial charge in [-0.15, -0.1) is 11.3 Å². The van der Waals surface area contributed by atoms with Crippen LogP contribution in [-0.2, 0) is 9.59 Å². The van der Waals surface area contributed by atoms with Crippen molar-refractivity contribution in [3.8, 4) is 5.75 Å². The Hall–Kier alpha value is -2.67. The Morgan fingerprint density at radius 1 is 1.22 bits per heavy atom. The highest BCUT2D eigenvalue weighted by Gasteiger charge is 2.16. The van der Waals surface area contributed by atoms with E-state index in [2.05, 4.69) is 15.8 Å². The van der Waals surface area contributed by atoms with E-state index in [1.54, 1.807) is 26.2 Å². The second-order valence-electron chi connectivity index (χ2n) is 4.68. The molecule has 2 aromatic rings. The Morgan fingerprint density at radius 2 is 1.96 bits per heavy atom. The molecule has 7 heteroatoms. The van der Waals surface area contributed by atoms with Crippen molar-refractivity contribution in [3.63, 3.8) is 0 Å². The quantitative estimate of drug-likeness (QED) is 0.500. The van der Waals surface area contributed by atoms with Crippen LogP contribution in [0.4, 0.5) is 0 Å². The molecule has 120 valence electrons. The number of hydrogen-bond acceptors (Lipinski definition) is 5. The van der Waals surface area contributed by atoms with E-state index in [4.69, 9.17) is 4.74 Å². The summed E-state index contributed by atoms with van der Waals surface area (Å²) in [7, 11) is 1.58. The normalized spacial score (nSPS) is 11.9. The average molecular weight is 331 g/mol. The number of methoxy groups -OCH3 is 1. The number of thiophene rings is 1. The Kier molecular flexibility index (Phi) is 5.87. The van der Waals surface area contributed by atoms with Gasteiger partial charge in [-0.2, -0.15) is 5.10 Å². The molecule has 0 radical (unpaired) electrons. The van der Waals surface area contributed by atoms with Crippen molar-refractivity contribution < 1.29 is 14.3 Å². The number of carbonyl (C=O) groups excluding carboxylic acids is 2. The van der Waals surface area contributed by atoms with Crippen molar-refractivity contribution in [3.05, 3.63) is 52.2 Å². The summed E-state index contributed by atoms with van der Waals surface area (Å²) < 4.78 is 5.08. The van der Waals surface area contributed by atoms with E-state index in [-0.39, 0.29) is 6.04 Å². The summed E-state index contributed by atoms with van der Waals surface area (Å²) in [4.78, 5) is 24.4. The Morgan fingerprint density at radius 3 is 2.57 bits per heavy atom. The number of rotatable bonds is 5. The number of carbonyl (C=O) groups is 2. The van der Waals surface area contributed by atoms with Gasteiger partial charge in [0.05, 0.1) is 19.4 Å². The standard InChI is InChI=1S/C16H17N3O3S/c1-11(12-5-7-13(22-2)8-6-12)18-15(20)16(21)19-17-10-14-4-3-9-23-14/h3-11H,1-2H3,(H,18,20)(H,19,21)/b17-10-/t11-/m0/s1. The van der Waals surface area contributed by atoms with Gasteiger partial charge in [-0.05, 0) is 36.1 Å². The SMILES string of the molecule is COc1ccc([C@H](C)NC(=O)C(=O)N/N=C\c2cccs2)cc1. The first-order valence-corrected chi connectivity index (χ1v) is 7.79. The van der Waals surface area contributed by atoms with Crippen molar-refractivity contribution in [2.75, 3.05) is 7.11 Å². The van der Waals surface area contributed by atoms with Crippen molar-refractivity contribution in [1.29, 1.82) is 0 Å². The number of hydrogen-bond donors (Lipinski definition) is 2. The lowest BCUT2D eigenvalue weighted by Crippen LogP contribution is -2.39. The molecule has 1 aromatic heterocycles. The molecular weight excluding hydrogens is 314 g/mol. The van der Waals surface area contributed by atoms with E-state index < -0.39 is 11.8 Å². The molecule has 0 saturated carbocycles. The van der Waals surface area contributed by atoms with E-state index in [0.717, 1.165) is 16.2 Å². The van der Waals surface area contributed by atoms with Gasteiger partial charge in [-0.3, -0.25) is 9.59 Å². The van der Waals surface area contributed by atoms with Gasteiger partial charge in [-0.1, -0.05) is 18.2 Å². The fourth-order valence-corrected chi connectivity index (χ4v) is 2.39. The third kappa shape index (κ3) is 4.93. The predicted octanol–water partition coefficient (Wildman–Crippen LogP) is 2.08. The van der Waals surface area contributed by atoms with Crippen LogP contribution in [0, 0.1) is 0 Å². The zero-order chi connectivity index (χ0) is 16.7. The summed E-state index contributed by atoms with van der Waals surface area (Å²) in [6.45, 7) is 1.79. The van der Waals surface area contributed by atoms with Crippen LogP contribution < -0.4 is 15.5 Å². The predicted molar refractivity (Wildman–Crippen MR) is 89.6 cm³/mol. The van der Waals surface area contributed by atoms with E-state index in [9.17, 15) is 9.59 Å². The van der Waals surface area contributed by atoms with Crippen LogP contribution in [0.2, 0.25) is 0 Å². The van der Waals surface area contributed by atoms with Gasteiger partial charge >= 0.3 is 11.8 Å². The summed E-state index contributed by atoms with van der Waals surface area (Å²) in [5.41, 5.74) is 3.07. The number of benzene rings is 1. The van der Waals surface area contributed by atoms with Crippen LogP contribution in [-0.4, -0.2) is 25.1 Å². The molecule has 2 N–H and O–H groups in total. The van der Waals surface area contributed by atoms with Crippen molar-refractivity contribution in [2.24, 2.45) is 5.10 Å². The first-order valence-electron chi connectivity index (χ1n) is 6.91. The second kappa shape index (κ2) is 8.09. The summed E-state index contributed by atoms with van der Waals surface area (Å²) in [5.74, 6) is -0.817. The van der Waals surface area contributed by atoms with Crippen LogP contribution in [0.3, 0.4) is 0 Å². The van der Waals surface area contributed by atoms with Crippen molar-refractivity contribution in [2.45, 2.75) is 13.0 Å². The molecule has 0 spiro atoms. The minimum Gasteiger partial charge on any atom is -0.497 e. The molecule has 2 rings (SSSR count). The highest BCUT2D eigenvalue weighted by Crippen LogP contribution is 2.17. The van der Waals surface area contributed by atoms with E-state index in [1.807, 2.05) is 29.6 Å². The van der Waals surface area contributed by atoms with Crippen LogP contribution in [0.25, 0.3) is 0 Å². The largest absolute Gasteiger partial charge is 0.497 e. The Balaban J connectivity index is 1.85. The number of nitrogens with one attached hydrogen (secondary N) is 2. The lowest BCUT2D eigenvalue weighted by Gasteiger charge is -2.13. The molecule has 2 amide bonds. The summed E-state index contributed by atoms with van der Waals surface area (Å²) in [5, 5.41) is 8.26. The zero-order valence-electron chi connectivity index (χ0n) is 12.8. The summed E-state index contributed by atoms with van der Waals surface area (Å²) >= 11 is 1.48. The Bertz CT molecular complexity index is 681. The van der Waals surface area contributed by atoms with Gasteiger partial charge in [0.1, 0.15) is 5.75 Å². The first-order chi connectivity index (χ1) is 11.1. The maximum absolute atomic E-state index is 11.8. The monoisotopic (exact) mass is 331 g/mol. The molecule has 6 nitrogen and oxygen atoms in total. The van der Waals surface area contributed by atoms with Gasteiger partial charge in [0.15, 0.2) is 0 Å². The van der Waals surface area contributed by atoms with Gasteiger partial charge in [0, 0.05) is 4.88 Å². The third-order valence-electron chi connectivity index (χ3n) is 3.07. The summed E-state index contributed by atoms with van der Waals surface area (Å²) in [6.07, 6.45) is 1.49.